The summed E-state index contributed by atoms with van der Waals surface area (Å²) in [5.41, 5.74) is 0.794. The van der Waals surface area contributed by atoms with Gasteiger partial charge in [0, 0.05) is 18.7 Å². The minimum atomic E-state index is -0.629. The van der Waals surface area contributed by atoms with E-state index in [0.29, 0.717) is 11.4 Å². The van der Waals surface area contributed by atoms with Crippen LogP contribution in [0.3, 0.4) is 0 Å². The number of aromatic nitrogens is 1. The van der Waals surface area contributed by atoms with Crippen molar-refractivity contribution < 1.29 is 18.1 Å². The molecule has 0 aliphatic carbocycles. The van der Waals surface area contributed by atoms with Gasteiger partial charge in [0.05, 0.1) is 13.3 Å². The molecule has 17 heavy (non-hydrogen) atoms. The van der Waals surface area contributed by atoms with Crippen LogP contribution in [0.5, 0.6) is 5.75 Å². The van der Waals surface area contributed by atoms with Crippen LogP contribution in [0.4, 0.5) is 8.78 Å². The zero-order valence-corrected chi connectivity index (χ0v) is 9.28. The first-order chi connectivity index (χ1) is 8.11. The molecule has 0 atom stereocenters. The quantitative estimate of drug-likeness (QED) is 0.576. The molecule has 0 unspecified atom stereocenters. The Bertz CT molecular complexity index is 555. The summed E-state index contributed by atoms with van der Waals surface area (Å²) in [6.07, 6.45) is 1.65. The van der Waals surface area contributed by atoms with Crippen molar-refractivity contribution in [2.45, 2.75) is 0 Å². The van der Waals surface area contributed by atoms with Gasteiger partial charge in [0.25, 0.3) is 0 Å². The van der Waals surface area contributed by atoms with Crippen molar-refractivity contribution in [3.05, 3.63) is 55.2 Å². The minimum Gasteiger partial charge on any atom is -0.498 e. The van der Waals surface area contributed by atoms with Crippen LogP contribution in [0.1, 0.15) is 0 Å². The number of rotatable bonds is 2. The maximum absolute atomic E-state index is 13.6. The van der Waals surface area contributed by atoms with Crippen LogP contribution in [0.15, 0.2) is 36.5 Å². The van der Waals surface area contributed by atoms with E-state index in [1.165, 1.54) is 23.8 Å². The van der Waals surface area contributed by atoms with E-state index >= 15 is 0 Å². The van der Waals surface area contributed by atoms with Gasteiger partial charge in [-0.25, -0.2) is 8.78 Å². The van der Waals surface area contributed by atoms with Crippen LogP contribution in [0.2, 0.25) is 0 Å². The van der Waals surface area contributed by atoms with Crippen molar-refractivity contribution in [3.8, 4) is 17.0 Å². The smallest absolute Gasteiger partial charge is 0.127 e. The SMILES string of the molecule is [CH2-][n+]1ccc(OC)cc1-c1ccc(F)cc1F. The lowest BCUT2D eigenvalue weighted by Crippen LogP contribution is -2.28. The molecule has 2 rings (SSSR count). The zero-order chi connectivity index (χ0) is 12.4. The fourth-order valence-corrected chi connectivity index (χ4v) is 1.57. The molecule has 1 heterocycles. The first-order valence-electron chi connectivity index (χ1n) is 4.98. The first kappa shape index (κ1) is 11.4. The van der Waals surface area contributed by atoms with Crippen LogP contribution in [-0.4, -0.2) is 7.11 Å². The van der Waals surface area contributed by atoms with Crippen LogP contribution in [0.25, 0.3) is 11.3 Å². The molecular formula is C13H11F2NO. The topological polar surface area (TPSA) is 13.1 Å². The molecule has 1 aromatic carbocycles. The molecule has 2 nitrogen and oxygen atoms in total. The maximum Gasteiger partial charge on any atom is 0.127 e. The molecular weight excluding hydrogens is 224 g/mol. The van der Waals surface area contributed by atoms with Crippen LogP contribution in [-0.2, 0) is 0 Å². The fourth-order valence-electron chi connectivity index (χ4n) is 1.57. The van der Waals surface area contributed by atoms with Gasteiger partial charge in [-0.05, 0) is 18.2 Å². The Kier molecular flexibility index (Phi) is 2.95. The van der Waals surface area contributed by atoms with E-state index in [1.54, 1.807) is 18.3 Å². The number of hydrogen-bond acceptors (Lipinski definition) is 1. The second-order valence-electron chi connectivity index (χ2n) is 3.55. The second kappa shape index (κ2) is 4.41. The van der Waals surface area contributed by atoms with E-state index < -0.39 is 11.6 Å². The molecule has 0 saturated heterocycles. The Hall–Kier alpha value is -2.10. The van der Waals surface area contributed by atoms with Crippen molar-refractivity contribution in [2.75, 3.05) is 7.11 Å². The fraction of sp³-hybridized carbons (Fsp3) is 0.0769. The monoisotopic (exact) mass is 235 g/mol. The molecule has 0 fully saturated rings. The van der Waals surface area contributed by atoms with E-state index in [0.717, 1.165) is 6.07 Å². The van der Waals surface area contributed by atoms with Gasteiger partial charge in [-0.2, -0.15) is 0 Å². The summed E-state index contributed by atoms with van der Waals surface area (Å²) in [4.78, 5) is 0. The van der Waals surface area contributed by atoms with Crippen molar-refractivity contribution in [1.29, 1.82) is 0 Å². The van der Waals surface area contributed by atoms with E-state index in [4.69, 9.17) is 4.74 Å². The number of pyridine rings is 1. The molecule has 0 radical (unpaired) electrons. The molecule has 0 saturated carbocycles. The van der Waals surface area contributed by atoms with E-state index in [2.05, 4.69) is 7.05 Å². The zero-order valence-electron chi connectivity index (χ0n) is 9.28. The van der Waals surface area contributed by atoms with E-state index in [1.807, 2.05) is 0 Å². The van der Waals surface area contributed by atoms with E-state index in [9.17, 15) is 8.78 Å². The minimum absolute atomic E-state index is 0.278. The molecule has 0 aliphatic heterocycles. The third-order valence-electron chi connectivity index (χ3n) is 2.45. The number of nitrogens with zero attached hydrogens (tertiary/aromatic N) is 1. The predicted octanol–water partition coefficient (Wildman–Crippen LogP) is 2.57. The molecule has 0 bridgehead atoms. The highest BCUT2D eigenvalue weighted by atomic mass is 19.1. The van der Waals surface area contributed by atoms with Gasteiger partial charge in [-0.1, -0.05) is 6.07 Å². The second-order valence-corrected chi connectivity index (χ2v) is 3.55. The van der Waals surface area contributed by atoms with Gasteiger partial charge < -0.3 is 9.30 Å². The number of hydrogen-bond donors (Lipinski definition) is 0. The van der Waals surface area contributed by atoms with Gasteiger partial charge in [-0.3, -0.25) is 0 Å². The average molecular weight is 235 g/mol. The molecule has 2 aromatic rings. The van der Waals surface area contributed by atoms with Crippen LogP contribution < -0.4 is 9.30 Å². The van der Waals surface area contributed by atoms with Gasteiger partial charge >= 0.3 is 0 Å². The molecule has 0 aliphatic rings. The summed E-state index contributed by atoms with van der Waals surface area (Å²) >= 11 is 0. The Morgan fingerprint density at radius 1 is 1.18 bits per heavy atom. The summed E-state index contributed by atoms with van der Waals surface area (Å²) < 4.78 is 33.0. The third-order valence-corrected chi connectivity index (χ3v) is 2.45. The standard InChI is InChI=1S/C13H11F2NO/c1-16-6-5-10(17-2)8-13(16)11-4-3-9(14)7-12(11)15/h3-8H,1H2,2H3. The highest BCUT2D eigenvalue weighted by Gasteiger charge is 2.10. The lowest BCUT2D eigenvalue weighted by atomic mass is 10.1. The lowest BCUT2D eigenvalue weighted by molar-refractivity contribution is -0.600. The Balaban J connectivity index is 2.59. The number of benzene rings is 1. The first-order valence-corrected chi connectivity index (χ1v) is 4.98. The molecule has 0 N–H and O–H groups in total. The van der Waals surface area contributed by atoms with Crippen molar-refractivity contribution >= 4 is 0 Å². The van der Waals surface area contributed by atoms with E-state index in [-0.39, 0.29) is 5.56 Å². The molecule has 0 amide bonds. The molecule has 1 aromatic heterocycles. The van der Waals surface area contributed by atoms with Crippen molar-refractivity contribution in [3.63, 3.8) is 0 Å². The summed E-state index contributed by atoms with van der Waals surface area (Å²) in [7, 11) is 5.26. The molecule has 88 valence electrons. The molecule has 4 heteroatoms. The average Bonchev–Trinajstić information content (AvgIpc) is 2.30. The predicted molar refractivity (Wildman–Crippen MR) is 59.3 cm³/mol. The Morgan fingerprint density at radius 2 is 1.94 bits per heavy atom. The Labute approximate surface area is 98.1 Å². The summed E-state index contributed by atoms with van der Waals surface area (Å²) in [6.45, 7) is 0. The summed E-state index contributed by atoms with van der Waals surface area (Å²) in [5, 5.41) is 0. The maximum atomic E-state index is 13.6. The molecule has 0 spiro atoms. The van der Waals surface area contributed by atoms with Crippen LogP contribution >= 0.6 is 0 Å². The van der Waals surface area contributed by atoms with Gasteiger partial charge in [0.2, 0.25) is 0 Å². The highest BCUT2D eigenvalue weighted by molar-refractivity contribution is 5.58. The number of ether oxygens (including phenoxy) is 1. The normalized spacial score (nSPS) is 10.3. The number of methoxy groups -OCH3 is 1. The van der Waals surface area contributed by atoms with Gasteiger partial charge in [0.15, 0.2) is 0 Å². The number of halogens is 2. The largest absolute Gasteiger partial charge is 0.498 e. The van der Waals surface area contributed by atoms with Gasteiger partial charge in [0.1, 0.15) is 23.1 Å². The van der Waals surface area contributed by atoms with Crippen molar-refractivity contribution in [1.82, 2.24) is 0 Å². The Morgan fingerprint density at radius 3 is 2.59 bits per heavy atom. The summed E-state index contributed by atoms with van der Waals surface area (Å²) in [5.74, 6) is -0.649. The van der Waals surface area contributed by atoms with Crippen LogP contribution in [0, 0.1) is 18.7 Å². The lowest BCUT2D eigenvalue weighted by Gasteiger charge is -2.10. The van der Waals surface area contributed by atoms with Gasteiger partial charge in [-0.15, -0.1) is 0 Å². The summed E-state index contributed by atoms with van der Waals surface area (Å²) in [6, 6.07) is 6.77. The highest BCUT2D eigenvalue weighted by Crippen LogP contribution is 2.23. The van der Waals surface area contributed by atoms with Crippen molar-refractivity contribution in [2.24, 2.45) is 0 Å². The third kappa shape index (κ3) is 2.20.